The fourth-order valence-electron chi connectivity index (χ4n) is 1.89. The van der Waals surface area contributed by atoms with Crippen LogP contribution in [0.1, 0.15) is 11.4 Å². The van der Waals surface area contributed by atoms with Crippen molar-refractivity contribution in [3.63, 3.8) is 0 Å². The number of hydrogen-bond donors (Lipinski definition) is 1. The summed E-state index contributed by atoms with van der Waals surface area (Å²) in [6.45, 7) is 2.25. The van der Waals surface area contributed by atoms with Gasteiger partial charge in [0.05, 0.1) is 5.69 Å². The van der Waals surface area contributed by atoms with Crippen LogP contribution >= 0.6 is 11.6 Å². The zero-order chi connectivity index (χ0) is 14.1. The van der Waals surface area contributed by atoms with Gasteiger partial charge in [-0.1, -0.05) is 11.6 Å². The summed E-state index contributed by atoms with van der Waals surface area (Å²) in [5.74, 6) is 1.42. The molecule has 1 aromatic carbocycles. The highest BCUT2D eigenvalue weighted by atomic mass is 35.5. The summed E-state index contributed by atoms with van der Waals surface area (Å²) in [7, 11) is 0. The van der Waals surface area contributed by atoms with E-state index in [4.69, 9.17) is 22.1 Å². The lowest BCUT2D eigenvalue weighted by Crippen LogP contribution is -2.02. The van der Waals surface area contributed by atoms with Crippen molar-refractivity contribution >= 4 is 22.9 Å². The molecule has 0 aliphatic carbocycles. The topological polar surface area (TPSA) is 65.4 Å². The monoisotopic (exact) mass is 288 g/mol. The Hall–Kier alpha value is -2.27. The summed E-state index contributed by atoms with van der Waals surface area (Å²) in [5.41, 5.74) is 8.25. The second kappa shape index (κ2) is 5.02. The second-order valence-electron chi connectivity index (χ2n) is 4.46. The fourth-order valence-corrected chi connectivity index (χ4v) is 2.02. The van der Waals surface area contributed by atoms with Crippen LogP contribution in [0.3, 0.4) is 0 Å². The maximum Gasteiger partial charge on any atom is 0.184 e. The van der Waals surface area contributed by atoms with Crippen molar-refractivity contribution in [2.75, 3.05) is 5.73 Å². The van der Waals surface area contributed by atoms with E-state index in [0.29, 0.717) is 28.8 Å². The molecule has 2 heterocycles. The first-order valence-electron chi connectivity index (χ1n) is 6.12. The summed E-state index contributed by atoms with van der Waals surface area (Å²) in [5, 5.41) is 8.88. The first kappa shape index (κ1) is 12.7. The van der Waals surface area contributed by atoms with Crippen molar-refractivity contribution in [3.05, 3.63) is 52.9 Å². The number of benzene rings is 1. The second-order valence-corrected chi connectivity index (χ2v) is 4.90. The number of nitrogen functional groups attached to an aromatic ring is 1. The Kier molecular flexibility index (Phi) is 3.20. The van der Waals surface area contributed by atoms with E-state index in [9.17, 15) is 0 Å². The van der Waals surface area contributed by atoms with E-state index >= 15 is 0 Å². The van der Waals surface area contributed by atoms with Crippen LogP contribution in [0.5, 0.6) is 5.75 Å². The number of aryl methyl sites for hydroxylation is 1. The van der Waals surface area contributed by atoms with Crippen molar-refractivity contribution in [2.45, 2.75) is 13.5 Å². The zero-order valence-electron chi connectivity index (χ0n) is 10.9. The van der Waals surface area contributed by atoms with E-state index in [-0.39, 0.29) is 0 Å². The first-order chi connectivity index (χ1) is 9.65. The maximum atomic E-state index is 5.98. The predicted octanol–water partition coefficient (Wildman–Crippen LogP) is 2.85. The van der Waals surface area contributed by atoms with Gasteiger partial charge < -0.3 is 10.5 Å². The van der Waals surface area contributed by atoms with Crippen LogP contribution in [0.15, 0.2) is 36.5 Å². The van der Waals surface area contributed by atoms with Crippen LogP contribution in [0.25, 0.3) is 5.65 Å². The molecule has 102 valence electrons. The molecule has 0 saturated heterocycles. The van der Waals surface area contributed by atoms with Crippen LogP contribution in [0.2, 0.25) is 5.02 Å². The molecule has 0 bridgehead atoms. The van der Waals surface area contributed by atoms with Gasteiger partial charge in [0.2, 0.25) is 0 Å². The Bertz CT molecular complexity index is 752. The number of aromatic nitrogens is 3. The Balaban J connectivity index is 1.85. The van der Waals surface area contributed by atoms with Gasteiger partial charge in [-0.3, -0.25) is 4.40 Å². The number of halogens is 1. The van der Waals surface area contributed by atoms with E-state index in [1.54, 1.807) is 12.1 Å². The number of ether oxygens (including phenoxy) is 1. The molecule has 0 amide bonds. The normalized spacial score (nSPS) is 10.9. The van der Waals surface area contributed by atoms with E-state index in [0.717, 1.165) is 11.3 Å². The van der Waals surface area contributed by atoms with E-state index < -0.39 is 0 Å². The van der Waals surface area contributed by atoms with Crippen molar-refractivity contribution < 1.29 is 4.74 Å². The van der Waals surface area contributed by atoms with Crippen molar-refractivity contribution in [2.24, 2.45) is 0 Å². The quantitative estimate of drug-likeness (QED) is 0.805. The van der Waals surface area contributed by atoms with Gasteiger partial charge in [0, 0.05) is 11.2 Å². The Morgan fingerprint density at radius 2 is 1.95 bits per heavy atom. The Morgan fingerprint density at radius 1 is 1.20 bits per heavy atom. The van der Waals surface area contributed by atoms with Gasteiger partial charge in [0.1, 0.15) is 12.4 Å². The number of rotatable bonds is 3. The highest BCUT2D eigenvalue weighted by molar-refractivity contribution is 6.30. The van der Waals surface area contributed by atoms with Crippen LogP contribution in [0, 0.1) is 6.92 Å². The van der Waals surface area contributed by atoms with E-state index in [2.05, 4.69) is 10.2 Å². The summed E-state index contributed by atoms with van der Waals surface area (Å²) < 4.78 is 7.49. The van der Waals surface area contributed by atoms with Gasteiger partial charge in [-0.15, -0.1) is 10.2 Å². The van der Waals surface area contributed by atoms with Gasteiger partial charge in [-0.25, -0.2) is 0 Å². The summed E-state index contributed by atoms with van der Waals surface area (Å²) >= 11 is 5.83. The van der Waals surface area contributed by atoms with Crippen LogP contribution < -0.4 is 10.5 Å². The van der Waals surface area contributed by atoms with E-state index in [1.807, 2.05) is 35.7 Å². The molecule has 2 aromatic heterocycles. The average molecular weight is 289 g/mol. The molecular weight excluding hydrogens is 276 g/mol. The summed E-state index contributed by atoms with van der Waals surface area (Å²) in [6.07, 6.45) is 1.89. The van der Waals surface area contributed by atoms with E-state index in [1.165, 1.54) is 0 Å². The average Bonchev–Trinajstić information content (AvgIpc) is 2.86. The molecule has 0 aliphatic heterocycles. The molecule has 0 fully saturated rings. The third-order valence-electron chi connectivity index (χ3n) is 3.09. The molecule has 0 aliphatic rings. The molecule has 20 heavy (non-hydrogen) atoms. The minimum absolute atomic E-state index is 0.311. The highest BCUT2D eigenvalue weighted by Gasteiger charge is 2.09. The van der Waals surface area contributed by atoms with Gasteiger partial charge in [0.25, 0.3) is 0 Å². The minimum Gasteiger partial charge on any atom is -0.486 e. The minimum atomic E-state index is 0.311. The van der Waals surface area contributed by atoms with Crippen molar-refractivity contribution in [3.8, 4) is 5.75 Å². The highest BCUT2D eigenvalue weighted by Crippen LogP contribution is 2.19. The Labute approximate surface area is 121 Å². The number of nitrogens with two attached hydrogens (primary N) is 1. The number of anilines is 1. The van der Waals surface area contributed by atoms with Crippen LogP contribution in [-0.4, -0.2) is 14.6 Å². The first-order valence-corrected chi connectivity index (χ1v) is 6.50. The summed E-state index contributed by atoms with van der Waals surface area (Å²) in [6, 6.07) is 9.10. The lowest BCUT2D eigenvalue weighted by atomic mass is 10.2. The zero-order valence-corrected chi connectivity index (χ0v) is 11.6. The van der Waals surface area contributed by atoms with Crippen molar-refractivity contribution in [1.29, 1.82) is 0 Å². The molecule has 0 atom stereocenters. The predicted molar refractivity (Wildman–Crippen MR) is 77.9 cm³/mol. The molecule has 0 radical (unpaired) electrons. The fraction of sp³-hybridized carbons (Fsp3) is 0.143. The smallest absolute Gasteiger partial charge is 0.184 e. The number of nitrogens with zero attached hydrogens (tertiary/aromatic N) is 3. The number of pyridine rings is 1. The van der Waals surface area contributed by atoms with Crippen molar-refractivity contribution in [1.82, 2.24) is 14.6 Å². The molecular formula is C14H13ClN4O. The lowest BCUT2D eigenvalue weighted by Gasteiger charge is -2.06. The molecule has 6 heteroatoms. The Morgan fingerprint density at radius 3 is 2.70 bits per heavy atom. The summed E-state index contributed by atoms with van der Waals surface area (Å²) in [4.78, 5) is 0. The molecule has 0 saturated carbocycles. The maximum absolute atomic E-state index is 5.98. The lowest BCUT2D eigenvalue weighted by molar-refractivity contribution is 0.294. The van der Waals surface area contributed by atoms with Crippen LogP contribution in [-0.2, 0) is 6.61 Å². The third-order valence-corrected chi connectivity index (χ3v) is 3.34. The SMILES string of the molecule is Cc1ccn2c(COc3ccc(Cl)cc3)nnc2c1N. The van der Waals surface area contributed by atoms with Crippen LogP contribution in [0.4, 0.5) is 5.69 Å². The molecule has 3 aromatic rings. The van der Waals surface area contributed by atoms with Gasteiger partial charge in [0.15, 0.2) is 11.5 Å². The molecule has 3 rings (SSSR count). The standard InChI is InChI=1S/C14H13ClN4O/c1-9-6-7-19-12(17-18-14(19)13(9)16)8-20-11-4-2-10(15)3-5-11/h2-7H,8,16H2,1H3. The number of fused-ring (bicyclic) bond motifs is 1. The van der Waals surface area contributed by atoms with Gasteiger partial charge in [-0.2, -0.15) is 0 Å². The largest absolute Gasteiger partial charge is 0.486 e. The molecule has 5 nitrogen and oxygen atoms in total. The molecule has 0 unspecified atom stereocenters. The number of hydrogen-bond acceptors (Lipinski definition) is 4. The molecule has 0 spiro atoms. The third kappa shape index (κ3) is 2.28. The van der Waals surface area contributed by atoms with Gasteiger partial charge >= 0.3 is 0 Å². The van der Waals surface area contributed by atoms with Gasteiger partial charge in [-0.05, 0) is 42.8 Å². The molecule has 2 N–H and O–H groups in total.